The Kier molecular flexibility index (Phi) is 2.32. The molecule has 3 heteroatoms. The normalized spacial score (nSPS) is 15.6. The summed E-state index contributed by atoms with van der Waals surface area (Å²) in [4.78, 5) is 6.67. The summed E-state index contributed by atoms with van der Waals surface area (Å²) >= 11 is 0. The van der Waals surface area contributed by atoms with Gasteiger partial charge >= 0.3 is 0 Å². The van der Waals surface area contributed by atoms with E-state index in [2.05, 4.69) is 16.9 Å². The summed E-state index contributed by atoms with van der Waals surface area (Å²) in [6.45, 7) is 3.07. The summed E-state index contributed by atoms with van der Waals surface area (Å²) in [6, 6.07) is 3.92. The Hall–Kier alpha value is -1.25. The van der Waals surface area contributed by atoms with Crippen molar-refractivity contribution < 1.29 is 0 Å². The summed E-state index contributed by atoms with van der Waals surface area (Å²) < 4.78 is 0. The molecule has 1 aliphatic carbocycles. The lowest BCUT2D eigenvalue weighted by Crippen LogP contribution is -2.21. The molecule has 0 amide bonds. The molecule has 1 aromatic rings. The minimum atomic E-state index is 0.772. The topological polar surface area (TPSA) is 42.2 Å². The fourth-order valence-corrected chi connectivity index (χ4v) is 1.55. The highest BCUT2D eigenvalue weighted by Gasteiger charge is 2.23. The zero-order valence-electron chi connectivity index (χ0n) is 8.83. The van der Waals surface area contributed by atoms with Gasteiger partial charge in [-0.15, -0.1) is 0 Å². The zero-order chi connectivity index (χ0) is 10.1. The zero-order valence-corrected chi connectivity index (χ0v) is 8.83. The van der Waals surface area contributed by atoms with Crippen molar-refractivity contribution in [3.63, 3.8) is 0 Å². The van der Waals surface area contributed by atoms with E-state index in [0.29, 0.717) is 0 Å². The molecule has 0 unspecified atom stereocenters. The predicted octanol–water partition coefficient (Wildman–Crippen LogP) is 1.82. The average Bonchev–Trinajstić information content (AvgIpc) is 2.93. The predicted molar refractivity (Wildman–Crippen MR) is 59.4 cm³/mol. The second-order valence-corrected chi connectivity index (χ2v) is 4.17. The van der Waals surface area contributed by atoms with Crippen LogP contribution in [0.4, 0.5) is 11.5 Å². The van der Waals surface area contributed by atoms with E-state index in [9.17, 15) is 0 Å². The monoisotopic (exact) mass is 191 g/mol. The molecule has 1 aromatic heterocycles. The van der Waals surface area contributed by atoms with Gasteiger partial charge < -0.3 is 10.6 Å². The standard InChI is InChI=1S/C11H17N3/c1-8-10(12)5-6-11(13-8)14(2)7-9-3-4-9/h5-6,9H,3-4,7,12H2,1-2H3. The van der Waals surface area contributed by atoms with E-state index < -0.39 is 0 Å². The van der Waals surface area contributed by atoms with Crippen LogP contribution in [0.2, 0.25) is 0 Å². The van der Waals surface area contributed by atoms with Gasteiger partial charge in [0.05, 0.1) is 11.4 Å². The first kappa shape index (κ1) is 9.31. The van der Waals surface area contributed by atoms with Crippen molar-refractivity contribution >= 4 is 11.5 Å². The van der Waals surface area contributed by atoms with Crippen LogP contribution >= 0.6 is 0 Å². The lowest BCUT2D eigenvalue weighted by Gasteiger charge is -2.18. The molecule has 76 valence electrons. The third-order valence-electron chi connectivity index (χ3n) is 2.73. The van der Waals surface area contributed by atoms with Crippen molar-refractivity contribution in [1.29, 1.82) is 0 Å². The molecule has 1 aliphatic rings. The van der Waals surface area contributed by atoms with E-state index in [0.717, 1.165) is 29.7 Å². The largest absolute Gasteiger partial charge is 0.397 e. The van der Waals surface area contributed by atoms with Crippen LogP contribution in [0, 0.1) is 12.8 Å². The second kappa shape index (κ2) is 3.48. The number of nitrogen functional groups attached to an aromatic ring is 1. The van der Waals surface area contributed by atoms with Gasteiger partial charge in [0.2, 0.25) is 0 Å². The highest BCUT2D eigenvalue weighted by atomic mass is 15.2. The molecule has 0 aliphatic heterocycles. The van der Waals surface area contributed by atoms with Gasteiger partial charge in [-0.2, -0.15) is 0 Å². The van der Waals surface area contributed by atoms with Gasteiger partial charge in [-0.25, -0.2) is 4.98 Å². The van der Waals surface area contributed by atoms with Crippen molar-refractivity contribution in [3.8, 4) is 0 Å². The average molecular weight is 191 g/mol. The maximum absolute atomic E-state index is 5.72. The molecule has 0 radical (unpaired) electrons. The van der Waals surface area contributed by atoms with Crippen LogP contribution in [0.25, 0.3) is 0 Å². The van der Waals surface area contributed by atoms with Crippen LogP contribution in [0.1, 0.15) is 18.5 Å². The van der Waals surface area contributed by atoms with Crippen LogP contribution in [0.3, 0.4) is 0 Å². The Morgan fingerprint density at radius 3 is 2.79 bits per heavy atom. The molecule has 1 heterocycles. The third kappa shape index (κ3) is 1.97. The number of rotatable bonds is 3. The molecule has 3 nitrogen and oxygen atoms in total. The molecule has 0 saturated heterocycles. The summed E-state index contributed by atoms with van der Waals surface area (Å²) in [5, 5.41) is 0. The van der Waals surface area contributed by atoms with Crippen LogP contribution in [-0.4, -0.2) is 18.6 Å². The highest BCUT2D eigenvalue weighted by Crippen LogP contribution is 2.30. The lowest BCUT2D eigenvalue weighted by molar-refractivity contribution is 0.776. The highest BCUT2D eigenvalue weighted by molar-refractivity contribution is 5.50. The van der Waals surface area contributed by atoms with Gasteiger partial charge in [-0.1, -0.05) is 0 Å². The van der Waals surface area contributed by atoms with E-state index in [4.69, 9.17) is 5.73 Å². The van der Waals surface area contributed by atoms with Crippen molar-refractivity contribution in [2.75, 3.05) is 24.2 Å². The Morgan fingerprint density at radius 1 is 1.50 bits per heavy atom. The molecular weight excluding hydrogens is 174 g/mol. The van der Waals surface area contributed by atoms with Crippen molar-refractivity contribution in [2.45, 2.75) is 19.8 Å². The maximum Gasteiger partial charge on any atom is 0.128 e. The first-order valence-electron chi connectivity index (χ1n) is 5.11. The van der Waals surface area contributed by atoms with Crippen LogP contribution in [0.15, 0.2) is 12.1 Å². The molecule has 14 heavy (non-hydrogen) atoms. The minimum Gasteiger partial charge on any atom is -0.397 e. The number of hydrogen-bond donors (Lipinski definition) is 1. The molecule has 1 fully saturated rings. The van der Waals surface area contributed by atoms with E-state index in [-0.39, 0.29) is 0 Å². The molecule has 2 rings (SSSR count). The van der Waals surface area contributed by atoms with Crippen LogP contribution < -0.4 is 10.6 Å². The molecular formula is C11H17N3. The fraction of sp³-hybridized carbons (Fsp3) is 0.545. The first-order chi connectivity index (χ1) is 6.66. The van der Waals surface area contributed by atoms with Gasteiger partial charge in [-0.3, -0.25) is 0 Å². The summed E-state index contributed by atoms with van der Waals surface area (Å²) in [7, 11) is 2.09. The number of anilines is 2. The number of aromatic nitrogens is 1. The minimum absolute atomic E-state index is 0.772. The Balaban J connectivity index is 2.10. The summed E-state index contributed by atoms with van der Waals surface area (Å²) in [5.74, 6) is 1.92. The van der Waals surface area contributed by atoms with E-state index in [1.54, 1.807) is 0 Å². The fourth-order valence-electron chi connectivity index (χ4n) is 1.55. The SMILES string of the molecule is Cc1nc(N(C)CC2CC2)ccc1N. The van der Waals surface area contributed by atoms with Gasteiger partial charge in [-0.05, 0) is 37.8 Å². The number of aryl methyl sites for hydroxylation is 1. The third-order valence-corrected chi connectivity index (χ3v) is 2.73. The van der Waals surface area contributed by atoms with E-state index in [1.165, 1.54) is 12.8 Å². The van der Waals surface area contributed by atoms with Gasteiger partial charge in [0, 0.05) is 13.6 Å². The van der Waals surface area contributed by atoms with Gasteiger partial charge in [0.25, 0.3) is 0 Å². The quantitative estimate of drug-likeness (QED) is 0.792. The van der Waals surface area contributed by atoms with Gasteiger partial charge in [0.15, 0.2) is 0 Å². The Bertz CT molecular complexity index is 331. The lowest BCUT2D eigenvalue weighted by atomic mass is 10.3. The van der Waals surface area contributed by atoms with Crippen molar-refractivity contribution in [2.24, 2.45) is 5.92 Å². The number of nitrogens with two attached hydrogens (primary N) is 1. The summed E-state index contributed by atoms with van der Waals surface area (Å²) in [6.07, 6.45) is 2.75. The second-order valence-electron chi connectivity index (χ2n) is 4.17. The molecule has 2 N–H and O–H groups in total. The molecule has 1 saturated carbocycles. The number of pyridine rings is 1. The molecule has 0 spiro atoms. The molecule has 0 atom stereocenters. The number of nitrogens with zero attached hydrogens (tertiary/aromatic N) is 2. The van der Waals surface area contributed by atoms with Crippen molar-refractivity contribution in [1.82, 2.24) is 4.98 Å². The molecule has 0 aromatic carbocycles. The number of hydrogen-bond acceptors (Lipinski definition) is 3. The van der Waals surface area contributed by atoms with Crippen LogP contribution in [-0.2, 0) is 0 Å². The first-order valence-corrected chi connectivity index (χ1v) is 5.11. The summed E-state index contributed by atoms with van der Waals surface area (Å²) in [5.41, 5.74) is 7.41. The molecule has 0 bridgehead atoms. The van der Waals surface area contributed by atoms with Crippen LogP contribution in [0.5, 0.6) is 0 Å². The van der Waals surface area contributed by atoms with Crippen molar-refractivity contribution in [3.05, 3.63) is 17.8 Å². The smallest absolute Gasteiger partial charge is 0.128 e. The van der Waals surface area contributed by atoms with E-state index >= 15 is 0 Å². The Morgan fingerprint density at radius 2 is 2.21 bits per heavy atom. The van der Waals surface area contributed by atoms with Gasteiger partial charge in [0.1, 0.15) is 5.82 Å². The Labute approximate surface area is 84.9 Å². The van der Waals surface area contributed by atoms with E-state index in [1.807, 2.05) is 19.1 Å². The maximum atomic E-state index is 5.72.